The SMILES string of the molecule is O=C(NC(c1ccccc1)c1cccc(OCCCOC(=O)c2ccccc2)c1)ONC1CN2CCC1CC2. The van der Waals surface area contributed by atoms with Crippen molar-refractivity contribution in [3.05, 3.63) is 102 Å². The summed E-state index contributed by atoms with van der Waals surface area (Å²) >= 11 is 0. The molecule has 0 aromatic heterocycles. The van der Waals surface area contributed by atoms with Crippen molar-refractivity contribution in [2.24, 2.45) is 5.92 Å². The Morgan fingerprint density at radius 2 is 1.59 bits per heavy atom. The lowest BCUT2D eigenvalue weighted by Gasteiger charge is -2.44. The van der Waals surface area contributed by atoms with Gasteiger partial charge in [0.1, 0.15) is 5.75 Å². The Kier molecular flexibility index (Phi) is 9.09. The lowest BCUT2D eigenvalue weighted by molar-refractivity contribution is -0.00837. The van der Waals surface area contributed by atoms with Crippen LogP contribution < -0.4 is 15.5 Å². The highest BCUT2D eigenvalue weighted by molar-refractivity contribution is 5.89. The fourth-order valence-corrected chi connectivity index (χ4v) is 5.24. The normalized spacial score (nSPS) is 20.6. The van der Waals surface area contributed by atoms with E-state index in [1.807, 2.05) is 60.7 Å². The topological polar surface area (TPSA) is 89.1 Å². The number of ether oxygens (including phenoxy) is 2. The third kappa shape index (κ3) is 7.37. The van der Waals surface area contributed by atoms with Crippen LogP contribution in [0.1, 0.15) is 46.8 Å². The van der Waals surface area contributed by atoms with Gasteiger partial charge in [-0.2, -0.15) is 0 Å². The summed E-state index contributed by atoms with van der Waals surface area (Å²) in [5.74, 6) is 0.871. The Balaban J connectivity index is 1.15. The van der Waals surface area contributed by atoms with Gasteiger partial charge in [0.2, 0.25) is 0 Å². The summed E-state index contributed by atoms with van der Waals surface area (Å²) in [6.45, 7) is 3.82. The van der Waals surface area contributed by atoms with Crippen molar-refractivity contribution in [3.63, 3.8) is 0 Å². The average Bonchev–Trinajstić information content (AvgIpc) is 3.00. The third-order valence-corrected chi connectivity index (χ3v) is 7.35. The van der Waals surface area contributed by atoms with E-state index < -0.39 is 12.1 Å². The first kappa shape index (κ1) is 26.7. The van der Waals surface area contributed by atoms with Gasteiger partial charge in [-0.25, -0.2) is 9.59 Å². The van der Waals surface area contributed by atoms with Gasteiger partial charge in [0, 0.05) is 13.0 Å². The maximum Gasteiger partial charge on any atom is 0.426 e. The number of carbonyl (C=O) groups excluding carboxylic acids is 2. The van der Waals surface area contributed by atoms with Crippen molar-refractivity contribution in [2.45, 2.75) is 31.3 Å². The number of nitrogens with zero attached hydrogens (tertiary/aromatic N) is 1. The highest BCUT2D eigenvalue weighted by Gasteiger charge is 2.35. The molecule has 8 nitrogen and oxygen atoms in total. The number of esters is 1. The second-order valence-corrected chi connectivity index (χ2v) is 10.0. The zero-order chi connectivity index (χ0) is 26.9. The molecule has 0 saturated carbocycles. The van der Waals surface area contributed by atoms with Gasteiger partial charge in [0.15, 0.2) is 0 Å². The molecule has 2 N–H and O–H groups in total. The molecule has 3 fully saturated rings. The molecule has 6 rings (SSSR count). The molecular weight excluding hydrogens is 494 g/mol. The summed E-state index contributed by atoms with van der Waals surface area (Å²) in [5, 5.41) is 3.01. The van der Waals surface area contributed by atoms with E-state index in [-0.39, 0.29) is 18.6 Å². The van der Waals surface area contributed by atoms with Gasteiger partial charge in [-0.05, 0) is 67.2 Å². The minimum Gasteiger partial charge on any atom is -0.493 e. The summed E-state index contributed by atoms with van der Waals surface area (Å²) in [6.07, 6.45) is 2.31. The number of nitrogens with one attached hydrogen (secondary N) is 2. The van der Waals surface area contributed by atoms with Crippen LogP contribution >= 0.6 is 0 Å². The van der Waals surface area contributed by atoms with Crippen molar-refractivity contribution < 1.29 is 23.9 Å². The predicted molar refractivity (Wildman–Crippen MR) is 147 cm³/mol. The van der Waals surface area contributed by atoms with E-state index >= 15 is 0 Å². The van der Waals surface area contributed by atoms with Crippen molar-refractivity contribution in [1.29, 1.82) is 0 Å². The summed E-state index contributed by atoms with van der Waals surface area (Å²) in [4.78, 5) is 32.8. The fourth-order valence-electron chi connectivity index (χ4n) is 5.24. The van der Waals surface area contributed by atoms with Crippen LogP contribution in [-0.4, -0.2) is 55.9 Å². The Labute approximate surface area is 229 Å². The Morgan fingerprint density at radius 1 is 0.872 bits per heavy atom. The van der Waals surface area contributed by atoms with Gasteiger partial charge in [-0.3, -0.25) is 0 Å². The first-order valence-corrected chi connectivity index (χ1v) is 13.6. The minimum atomic E-state index is -0.521. The van der Waals surface area contributed by atoms with Crippen LogP contribution in [0.4, 0.5) is 4.79 Å². The molecule has 3 aromatic rings. The lowest BCUT2D eigenvalue weighted by Crippen LogP contribution is -2.56. The smallest absolute Gasteiger partial charge is 0.426 e. The Bertz CT molecular complexity index is 1220. The fraction of sp³-hybridized carbons (Fsp3) is 0.355. The molecule has 204 valence electrons. The largest absolute Gasteiger partial charge is 0.493 e. The molecule has 1 amide bonds. The third-order valence-electron chi connectivity index (χ3n) is 7.35. The van der Waals surface area contributed by atoms with E-state index in [9.17, 15) is 9.59 Å². The van der Waals surface area contributed by atoms with Gasteiger partial charge < -0.3 is 24.5 Å². The summed E-state index contributed by atoms with van der Waals surface area (Å²) in [5.41, 5.74) is 5.35. The van der Waals surface area contributed by atoms with Crippen LogP contribution in [0.15, 0.2) is 84.9 Å². The lowest BCUT2D eigenvalue weighted by atomic mass is 9.84. The second-order valence-electron chi connectivity index (χ2n) is 10.0. The zero-order valence-corrected chi connectivity index (χ0v) is 22.0. The number of amides is 1. The molecule has 2 atom stereocenters. The van der Waals surface area contributed by atoms with Gasteiger partial charge in [-0.15, -0.1) is 5.48 Å². The molecule has 2 unspecified atom stereocenters. The average molecular weight is 530 g/mol. The Hall–Kier alpha value is -3.88. The van der Waals surface area contributed by atoms with Gasteiger partial charge in [-0.1, -0.05) is 60.7 Å². The number of benzene rings is 3. The van der Waals surface area contributed by atoms with Crippen LogP contribution in [0.5, 0.6) is 5.75 Å². The van der Waals surface area contributed by atoms with Crippen molar-refractivity contribution in [1.82, 2.24) is 15.7 Å². The number of piperidine rings is 3. The monoisotopic (exact) mass is 529 g/mol. The molecule has 0 spiro atoms. The number of hydroxylamine groups is 1. The number of hydrogen-bond donors (Lipinski definition) is 2. The molecule has 8 heteroatoms. The number of fused-ring (bicyclic) bond motifs is 3. The molecule has 3 aliphatic rings. The van der Waals surface area contributed by atoms with Gasteiger partial charge >= 0.3 is 12.1 Å². The molecule has 0 aliphatic carbocycles. The first-order valence-electron chi connectivity index (χ1n) is 13.6. The van der Waals surface area contributed by atoms with Gasteiger partial charge in [0.25, 0.3) is 0 Å². The maximum atomic E-state index is 12.9. The number of rotatable bonds is 11. The van der Waals surface area contributed by atoms with E-state index in [1.54, 1.807) is 24.3 Å². The zero-order valence-electron chi connectivity index (χ0n) is 22.0. The molecule has 3 saturated heterocycles. The van der Waals surface area contributed by atoms with Crippen LogP contribution in [0.3, 0.4) is 0 Å². The molecule has 0 radical (unpaired) electrons. The standard InChI is InChI=1S/C31H35N3O5/c35-30(25-11-5-2-6-12-25)38-20-8-19-37-27-14-7-13-26(21-27)29(24-9-3-1-4-10-24)32-31(36)39-33-28-22-34-17-15-23(28)16-18-34/h1-7,9-14,21,23,28-29,33H,8,15-20,22H2,(H,32,36). The van der Waals surface area contributed by atoms with Crippen LogP contribution in [0.25, 0.3) is 0 Å². The van der Waals surface area contributed by atoms with E-state index in [4.69, 9.17) is 14.3 Å². The highest BCUT2D eigenvalue weighted by Crippen LogP contribution is 2.28. The molecular formula is C31H35N3O5. The van der Waals surface area contributed by atoms with Crippen LogP contribution in [-0.2, 0) is 9.57 Å². The highest BCUT2D eigenvalue weighted by atomic mass is 16.7. The van der Waals surface area contributed by atoms with E-state index in [0.29, 0.717) is 30.3 Å². The van der Waals surface area contributed by atoms with E-state index in [1.165, 1.54) is 0 Å². The molecule has 2 bridgehead atoms. The van der Waals surface area contributed by atoms with E-state index in [0.717, 1.165) is 43.6 Å². The Morgan fingerprint density at radius 3 is 2.31 bits per heavy atom. The van der Waals surface area contributed by atoms with Gasteiger partial charge in [0.05, 0.1) is 30.9 Å². The first-order chi connectivity index (χ1) is 19.2. The molecule has 3 heterocycles. The maximum absolute atomic E-state index is 12.9. The van der Waals surface area contributed by atoms with Crippen LogP contribution in [0, 0.1) is 5.92 Å². The van der Waals surface area contributed by atoms with E-state index in [2.05, 4.69) is 15.7 Å². The molecule has 39 heavy (non-hydrogen) atoms. The summed E-state index contributed by atoms with van der Waals surface area (Å²) in [7, 11) is 0. The quantitative estimate of drug-likeness (QED) is 0.211. The number of hydrogen-bond acceptors (Lipinski definition) is 7. The summed E-state index contributed by atoms with van der Waals surface area (Å²) in [6, 6.07) is 26.1. The summed E-state index contributed by atoms with van der Waals surface area (Å²) < 4.78 is 11.3. The molecule has 3 aliphatic heterocycles. The van der Waals surface area contributed by atoms with Crippen molar-refractivity contribution in [3.8, 4) is 5.75 Å². The minimum absolute atomic E-state index is 0.164. The molecule has 3 aromatic carbocycles. The second kappa shape index (κ2) is 13.3. The number of carbonyl (C=O) groups is 2. The predicted octanol–water partition coefficient (Wildman–Crippen LogP) is 4.73. The van der Waals surface area contributed by atoms with Crippen molar-refractivity contribution in [2.75, 3.05) is 32.8 Å². The van der Waals surface area contributed by atoms with Crippen LogP contribution in [0.2, 0.25) is 0 Å². The van der Waals surface area contributed by atoms with Crippen molar-refractivity contribution >= 4 is 12.1 Å².